The molecule has 0 fully saturated rings. The van der Waals surface area contributed by atoms with E-state index in [1.165, 1.54) is 0 Å². The lowest BCUT2D eigenvalue weighted by Gasteiger charge is -2.22. The number of carbonyl (C=O) groups excluding carboxylic acids is 4. The Bertz CT molecular complexity index is 638. The molecule has 0 aromatic carbocycles. The first kappa shape index (κ1) is 29.5. The van der Waals surface area contributed by atoms with Crippen LogP contribution in [0, 0.1) is 11.8 Å². The molecule has 32 heavy (non-hydrogen) atoms. The van der Waals surface area contributed by atoms with E-state index in [-0.39, 0.29) is 48.8 Å². The number of Topliss-reactive ketones (excluding diaryl/α,β-unsaturated/α-hetero) is 1. The SMILES string of the molecule is CC[C@H](C)C(NC)C(=O)NCC(=O)N[C@@H](CCCCNC(=O)CCC(=O)O)C(=O)C(C)C. The highest BCUT2D eigenvalue weighted by Crippen LogP contribution is 2.09. The summed E-state index contributed by atoms with van der Waals surface area (Å²) in [6.45, 7) is 7.61. The van der Waals surface area contributed by atoms with Gasteiger partial charge < -0.3 is 26.4 Å². The van der Waals surface area contributed by atoms with Gasteiger partial charge in [-0.3, -0.25) is 24.0 Å². The highest BCUT2D eigenvalue weighted by atomic mass is 16.4. The standard InChI is InChI=1S/C22H40N4O6/c1-6-15(4)20(23-5)22(32)25-13-18(28)26-16(21(31)14(2)3)9-7-8-12-24-17(27)10-11-19(29)30/h14-16,20,23H,6-13H2,1-5H3,(H,24,27)(H,25,32)(H,26,28)(H,29,30)/t15-,16-,20?/m0/s1. The summed E-state index contributed by atoms with van der Waals surface area (Å²) in [5.74, 6) is -2.29. The van der Waals surface area contributed by atoms with Crippen molar-refractivity contribution in [2.24, 2.45) is 11.8 Å². The summed E-state index contributed by atoms with van der Waals surface area (Å²) < 4.78 is 0. The minimum atomic E-state index is -1.02. The molecule has 0 spiro atoms. The average Bonchev–Trinajstić information content (AvgIpc) is 2.74. The fraction of sp³-hybridized carbons (Fsp3) is 0.773. The van der Waals surface area contributed by atoms with E-state index >= 15 is 0 Å². The van der Waals surface area contributed by atoms with Crippen LogP contribution in [0.5, 0.6) is 0 Å². The van der Waals surface area contributed by atoms with Crippen molar-refractivity contribution in [2.45, 2.75) is 78.3 Å². The van der Waals surface area contributed by atoms with Crippen LogP contribution >= 0.6 is 0 Å². The molecule has 0 heterocycles. The van der Waals surface area contributed by atoms with Crippen molar-refractivity contribution in [1.82, 2.24) is 21.3 Å². The third kappa shape index (κ3) is 12.4. The first-order valence-corrected chi connectivity index (χ1v) is 11.3. The quantitative estimate of drug-likeness (QED) is 0.201. The third-order valence-corrected chi connectivity index (χ3v) is 5.29. The molecule has 0 rings (SSSR count). The number of hydrogen-bond acceptors (Lipinski definition) is 6. The van der Waals surface area contributed by atoms with E-state index in [1.54, 1.807) is 20.9 Å². The molecule has 3 amide bonds. The molecule has 0 saturated carbocycles. The minimum absolute atomic E-state index is 0.0724. The number of carbonyl (C=O) groups is 5. The van der Waals surface area contributed by atoms with E-state index in [9.17, 15) is 24.0 Å². The molecule has 0 radical (unpaired) electrons. The average molecular weight is 457 g/mol. The number of hydrogen-bond donors (Lipinski definition) is 5. The van der Waals surface area contributed by atoms with E-state index in [0.717, 1.165) is 6.42 Å². The summed E-state index contributed by atoms with van der Waals surface area (Å²) in [5, 5.41) is 19.5. The van der Waals surface area contributed by atoms with Crippen molar-refractivity contribution >= 4 is 29.5 Å². The van der Waals surface area contributed by atoms with Crippen molar-refractivity contribution in [1.29, 1.82) is 0 Å². The van der Waals surface area contributed by atoms with Crippen LogP contribution in [0.3, 0.4) is 0 Å². The molecule has 0 aliphatic heterocycles. The molecular weight excluding hydrogens is 416 g/mol. The largest absolute Gasteiger partial charge is 0.481 e. The second kappa shape index (κ2) is 16.2. The Morgan fingerprint density at radius 2 is 1.56 bits per heavy atom. The molecule has 0 aromatic heterocycles. The van der Waals surface area contributed by atoms with Gasteiger partial charge in [-0.15, -0.1) is 0 Å². The maximum atomic E-state index is 12.5. The molecule has 10 heteroatoms. The van der Waals surface area contributed by atoms with Crippen molar-refractivity contribution < 1.29 is 29.1 Å². The number of unbranched alkanes of at least 4 members (excludes halogenated alkanes) is 1. The Morgan fingerprint density at radius 3 is 2.09 bits per heavy atom. The molecule has 1 unspecified atom stereocenters. The molecule has 0 aromatic rings. The van der Waals surface area contributed by atoms with Gasteiger partial charge in [0.25, 0.3) is 0 Å². The Labute approximate surface area is 190 Å². The monoisotopic (exact) mass is 456 g/mol. The zero-order valence-corrected chi connectivity index (χ0v) is 20.0. The minimum Gasteiger partial charge on any atom is -0.481 e. The lowest BCUT2D eigenvalue weighted by molar-refractivity contribution is -0.138. The summed E-state index contributed by atoms with van der Waals surface area (Å²) in [7, 11) is 1.70. The zero-order chi connectivity index (χ0) is 24.7. The van der Waals surface area contributed by atoms with Crippen LogP contribution in [0.4, 0.5) is 0 Å². The maximum Gasteiger partial charge on any atom is 0.303 e. The summed E-state index contributed by atoms with van der Waals surface area (Å²) in [4.78, 5) is 59.1. The summed E-state index contributed by atoms with van der Waals surface area (Å²) in [6, 6.07) is -1.07. The second-order valence-corrected chi connectivity index (χ2v) is 8.29. The van der Waals surface area contributed by atoms with Crippen molar-refractivity contribution in [3.8, 4) is 0 Å². The highest BCUT2D eigenvalue weighted by molar-refractivity contribution is 5.92. The fourth-order valence-corrected chi connectivity index (χ4v) is 3.13. The number of carboxylic acid groups (broad SMARTS) is 1. The molecule has 0 saturated heterocycles. The fourth-order valence-electron chi connectivity index (χ4n) is 3.13. The van der Waals surface area contributed by atoms with E-state index in [1.807, 2.05) is 13.8 Å². The number of rotatable bonds is 17. The molecule has 0 aliphatic rings. The van der Waals surface area contributed by atoms with E-state index in [2.05, 4.69) is 21.3 Å². The van der Waals surface area contributed by atoms with E-state index < -0.39 is 24.0 Å². The van der Waals surface area contributed by atoms with Crippen LogP contribution < -0.4 is 21.3 Å². The van der Waals surface area contributed by atoms with Crippen LogP contribution in [0.25, 0.3) is 0 Å². The molecule has 0 aliphatic carbocycles. The van der Waals surface area contributed by atoms with Crippen LogP contribution in [0.15, 0.2) is 0 Å². The Kier molecular flexibility index (Phi) is 14.9. The van der Waals surface area contributed by atoms with Gasteiger partial charge in [0.1, 0.15) is 0 Å². The first-order chi connectivity index (χ1) is 15.0. The Hall–Kier alpha value is -2.49. The second-order valence-electron chi connectivity index (χ2n) is 8.29. The number of nitrogens with one attached hydrogen (secondary N) is 4. The predicted octanol–water partition coefficient (Wildman–Crippen LogP) is 0.598. The van der Waals surface area contributed by atoms with Gasteiger partial charge in [-0.05, 0) is 32.2 Å². The molecule has 3 atom stereocenters. The van der Waals surface area contributed by atoms with Crippen molar-refractivity contribution in [3.05, 3.63) is 0 Å². The van der Waals surface area contributed by atoms with Crippen LogP contribution in [-0.4, -0.2) is 66.8 Å². The maximum absolute atomic E-state index is 12.5. The first-order valence-electron chi connectivity index (χ1n) is 11.3. The zero-order valence-electron chi connectivity index (χ0n) is 20.0. The third-order valence-electron chi connectivity index (χ3n) is 5.29. The van der Waals surface area contributed by atoms with Crippen molar-refractivity contribution in [2.75, 3.05) is 20.1 Å². The van der Waals surface area contributed by atoms with Crippen LogP contribution in [0.2, 0.25) is 0 Å². The molecule has 184 valence electrons. The Balaban J connectivity index is 4.54. The summed E-state index contributed by atoms with van der Waals surface area (Å²) in [6.07, 6.45) is 2.11. The van der Waals surface area contributed by atoms with Gasteiger partial charge in [-0.1, -0.05) is 34.1 Å². The molecule has 0 bridgehead atoms. The van der Waals surface area contributed by atoms with Gasteiger partial charge >= 0.3 is 5.97 Å². The number of likely N-dealkylation sites (N-methyl/N-ethyl adjacent to an activating group) is 1. The summed E-state index contributed by atoms with van der Waals surface area (Å²) >= 11 is 0. The van der Waals surface area contributed by atoms with Gasteiger partial charge in [-0.25, -0.2) is 0 Å². The smallest absolute Gasteiger partial charge is 0.303 e. The van der Waals surface area contributed by atoms with Crippen LogP contribution in [0.1, 0.15) is 66.2 Å². The molecule has 5 N–H and O–H groups in total. The normalized spacial score (nSPS) is 13.7. The lowest BCUT2D eigenvalue weighted by Crippen LogP contribution is -2.51. The number of ketones is 1. The summed E-state index contributed by atoms with van der Waals surface area (Å²) in [5.41, 5.74) is 0. The number of carboxylic acids is 1. The molecule has 10 nitrogen and oxygen atoms in total. The van der Waals surface area contributed by atoms with Gasteiger partial charge in [0, 0.05) is 18.9 Å². The van der Waals surface area contributed by atoms with E-state index in [4.69, 9.17) is 5.11 Å². The Morgan fingerprint density at radius 1 is 0.906 bits per heavy atom. The number of amides is 3. The highest BCUT2D eigenvalue weighted by Gasteiger charge is 2.25. The van der Waals surface area contributed by atoms with Crippen molar-refractivity contribution in [3.63, 3.8) is 0 Å². The van der Waals surface area contributed by atoms with Gasteiger partial charge in [-0.2, -0.15) is 0 Å². The van der Waals surface area contributed by atoms with Gasteiger partial charge in [0.05, 0.1) is 25.0 Å². The topological polar surface area (TPSA) is 154 Å². The molecular formula is C22H40N4O6. The lowest BCUT2D eigenvalue weighted by atomic mass is 9.97. The van der Waals surface area contributed by atoms with Gasteiger partial charge in [0.2, 0.25) is 17.7 Å². The van der Waals surface area contributed by atoms with E-state index in [0.29, 0.717) is 25.8 Å². The number of aliphatic carboxylic acids is 1. The van der Waals surface area contributed by atoms with Gasteiger partial charge in [0.15, 0.2) is 5.78 Å². The predicted molar refractivity (Wildman–Crippen MR) is 121 cm³/mol. The van der Waals surface area contributed by atoms with Crippen LogP contribution in [-0.2, 0) is 24.0 Å².